The number of hydrogen-bond acceptors (Lipinski definition) is 5. The Bertz CT molecular complexity index is 709. The van der Waals surface area contributed by atoms with Crippen molar-refractivity contribution in [3.63, 3.8) is 0 Å². The van der Waals surface area contributed by atoms with Crippen LogP contribution in [0, 0.1) is 5.41 Å². The summed E-state index contributed by atoms with van der Waals surface area (Å²) in [6.07, 6.45) is 1.01. The quantitative estimate of drug-likeness (QED) is 0.636. The molecular weight excluding hydrogens is 313 g/mol. The number of H-pyrrole nitrogens is 1. The summed E-state index contributed by atoms with van der Waals surface area (Å²) in [5, 5.41) is 14.0. The van der Waals surface area contributed by atoms with Gasteiger partial charge in [-0.05, 0) is 12.1 Å². The fourth-order valence-corrected chi connectivity index (χ4v) is 2.32. The van der Waals surface area contributed by atoms with Crippen LogP contribution in [0.15, 0.2) is 23.0 Å². The molecule has 0 spiro atoms. The van der Waals surface area contributed by atoms with E-state index in [4.69, 9.17) is 28.6 Å². The first-order chi connectivity index (χ1) is 10.1. The molecule has 1 heterocycles. The number of nitrogens with zero attached hydrogens (tertiary/aromatic N) is 1. The van der Waals surface area contributed by atoms with Crippen LogP contribution in [0.2, 0.25) is 10.0 Å². The summed E-state index contributed by atoms with van der Waals surface area (Å²) in [5.74, 6) is 0.244. The Labute approximate surface area is 131 Å². The van der Waals surface area contributed by atoms with E-state index in [1.807, 2.05) is 0 Å². The Kier molecular flexibility index (Phi) is 4.82. The van der Waals surface area contributed by atoms with Crippen molar-refractivity contribution in [2.75, 3.05) is 17.7 Å². The van der Waals surface area contributed by atoms with Crippen molar-refractivity contribution in [2.24, 2.45) is 0 Å². The van der Waals surface area contributed by atoms with Gasteiger partial charge in [-0.15, -0.1) is 0 Å². The van der Waals surface area contributed by atoms with Crippen molar-refractivity contribution in [1.82, 2.24) is 9.97 Å². The fraction of sp³-hybridized carbons (Fsp3) is 0.154. The second-order valence-corrected chi connectivity index (χ2v) is 4.94. The van der Waals surface area contributed by atoms with Gasteiger partial charge in [0, 0.05) is 35.4 Å². The number of aromatic amines is 1. The molecule has 0 bridgehead atoms. The van der Waals surface area contributed by atoms with Gasteiger partial charge in [-0.1, -0.05) is 29.3 Å². The average molecular weight is 326 g/mol. The van der Waals surface area contributed by atoms with Crippen LogP contribution in [-0.4, -0.2) is 23.2 Å². The molecule has 0 atom stereocenters. The maximum atomic E-state index is 11.8. The molecule has 6 nitrogen and oxygen atoms in total. The Hall–Kier alpha value is -2.05. The molecule has 1 aromatic carbocycles. The molecule has 0 unspecified atom stereocenters. The molecule has 0 saturated carbocycles. The predicted molar refractivity (Wildman–Crippen MR) is 86.1 cm³/mol. The highest BCUT2D eigenvalue weighted by atomic mass is 35.5. The summed E-state index contributed by atoms with van der Waals surface area (Å²) in [6.45, 7) is 0.303. The minimum absolute atomic E-state index is 0.242. The number of hydrogen-bond donors (Lipinski definition) is 4. The van der Waals surface area contributed by atoms with Crippen LogP contribution < -0.4 is 16.2 Å². The van der Waals surface area contributed by atoms with Gasteiger partial charge in [-0.25, -0.2) is 4.98 Å². The zero-order valence-corrected chi connectivity index (χ0v) is 12.6. The first kappa shape index (κ1) is 15.3. The molecule has 21 heavy (non-hydrogen) atoms. The van der Waals surface area contributed by atoms with Crippen LogP contribution in [0.4, 0.5) is 11.6 Å². The minimum atomic E-state index is -0.362. The average Bonchev–Trinajstić information content (AvgIpc) is 2.46. The van der Waals surface area contributed by atoms with Crippen molar-refractivity contribution < 1.29 is 0 Å². The molecule has 110 valence electrons. The molecule has 0 fully saturated rings. The molecule has 2 rings (SSSR count). The van der Waals surface area contributed by atoms with Crippen molar-refractivity contribution >= 4 is 41.1 Å². The Balaban J connectivity index is 2.27. The lowest BCUT2D eigenvalue weighted by molar-refractivity contribution is 1.03. The van der Waals surface area contributed by atoms with Crippen LogP contribution in [0.25, 0.3) is 0 Å². The van der Waals surface area contributed by atoms with Crippen molar-refractivity contribution in [2.45, 2.75) is 6.54 Å². The number of nitrogens with one attached hydrogen (secondary N) is 4. The summed E-state index contributed by atoms with van der Waals surface area (Å²) >= 11 is 12.1. The van der Waals surface area contributed by atoms with Gasteiger partial charge in [0.05, 0.1) is 0 Å². The third-order valence-corrected chi connectivity index (χ3v) is 3.54. The summed E-state index contributed by atoms with van der Waals surface area (Å²) in [7, 11) is 1.59. The third kappa shape index (κ3) is 3.34. The van der Waals surface area contributed by atoms with Crippen molar-refractivity contribution in [3.05, 3.63) is 49.9 Å². The van der Waals surface area contributed by atoms with Gasteiger partial charge in [-0.2, -0.15) is 0 Å². The Morgan fingerprint density at radius 1 is 1.38 bits per heavy atom. The Morgan fingerprint density at radius 2 is 2.05 bits per heavy atom. The molecule has 1 aromatic heterocycles. The zero-order valence-electron chi connectivity index (χ0n) is 11.1. The van der Waals surface area contributed by atoms with Crippen LogP contribution in [0.5, 0.6) is 0 Å². The van der Waals surface area contributed by atoms with E-state index in [1.165, 1.54) is 0 Å². The van der Waals surface area contributed by atoms with Gasteiger partial charge in [0.15, 0.2) is 0 Å². The fourth-order valence-electron chi connectivity index (χ4n) is 1.79. The minimum Gasteiger partial charge on any atom is -0.382 e. The van der Waals surface area contributed by atoms with Gasteiger partial charge in [-0.3, -0.25) is 9.78 Å². The van der Waals surface area contributed by atoms with Gasteiger partial charge < -0.3 is 16.0 Å². The van der Waals surface area contributed by atoms with Gasteiger partial charge >= 0.3 is 0 Å². The third-order valence-electron chi connectivity index (χ3n) is 2.83. The highest BCUT2D eigenvalue weighted by Gasteiger charge is 2.10. The number of benzene rings is 1. The van der Waals surface area contributed by atoms with E-state index in [1.54, 1.807) is 25.2 Å². The van der Waals surface area contributed by atoms with Crippen molar-refractivity contribution in [3.8, 4) is 0 Å². The van der Waals surface area contributed by atoms with E-state index < -0.39 is 0 Å². The lowest BCUT2D eigenvalue weighted by atomic mass is 10.2. The van der Waals surface area contributed by atoms with Crippen LogP contribution in [0.3, 0.4) is 0 Å². The number of anilines is 2. The van der Waals surface area contributed by atoms with E-state index in [0.717, 1.165) is 6.21 Å². The van der Waals surface area contributed by atoms with E-state index in [0.29, 0.717) is 22.2 Å². The van der Waals surface area contributed by atoms with E-state index >= 15 is 0 Å². The summed E-state index contributed by atoms with van der Waals surface area (Å²) in [4.78, 5) is 18.6. The number of halogens is 2. The van der Waals surface area contributed by atoms with Gasteiger partial charge in [0.1, 0.15) is 11.4 Å². The first-order valence-corrected chi connectivity index (χ1v) is 6.81. The molecule has 0 aliphatic rings. The molecule has 0 aliphatic carbocycles. The SMILES string of the molecule is CNc1c(C=N)nc(NCc2c(Cl)cccc2Cl)[nH]c1=O. The molecule has 0 amide bonds. The highest BCUT2D eigenvalue weighted by molar-refractivity contribution is 6.36. The number of aromatic nitrogens is 2. The normalized spacial score (nSPS) is 10.2. The Morgan fingerprint density at radius 3 is 2.62 bits per heavy atom. The molecule has 8 heteroatoms. The summed E-state index contributed by atoms with van der Waals surface area (Å²) in [5.41, 5.74) is 0.830. The predicted octanol–water partition coefficient (Wildman–Crippen LogP) is 2.73. The number of rotatable bonds is 5. The van der Waals surface area contributed by atoms with Gasteiger partial charge in [0.2, 0.25) is 5.95 Å². The highest BCUT2D eigenvalue weighted by Crippen LogP contribution is 2.24. The molecule has 0 radical (unpaired) electrons. The first-order valence-electron chi connectivity index (χ1n) is 6.06. The summed E-state index contributed by atoms with van der Waals surface area (Å²) < 4.78 is 0. The lowest BCUT2D eigenvalue weighted by Gasteiger charge is -2.10. The second-order valence-electron chi connectivity index (χ2n) is 4.12. The molecular formula is C13H13Cl2N5O. The standard InChI is InChI=1S/C13H13Cl2N5O/c1-17-11-10(5-16)19-13(20-12(11)21)18-6-7-8(14)3-2-4-9(7)15/h2-5,16-17H,6H2,1H3,(H2,18,19,20,21). The van der Waals surface area contributed by atoms with Crippen LogP contribution in [-0.2, 0) is 6.54 Å². The smallest absolute Gasteiger partial charge is 0.276 e. The molecule has 4 N–H and O–H groups in total. The lowest BCUT2D eigenvalue weighted by Crippen LogP contribution is -2.19. The largest absolute Gasteiger partial charge is 0.382 e. The maximum absolute atomic E-state index is 11.8. The van der Waals surface area contributed by atoms with Crippen LogP contribution >= 0.6 is 23.2 Å². The van der Waals surface area contributed by atoms with Crippen LogP contribution in [0.1, 0.15) is 11.3 Å². The maximum Gasteiger partial charge on any atom is 0.276 e. The second kappa shape index (κ2) is 6.60. The molecule has 0 saturated heterocycles. The van der Waals surface area contributed by atoms with Crippen molar-refractivity contribution in [1.29, 1.82) is 5.41 Å². The topological polar surface area (TPSA) is 93.7 Å². The van der Waals surface area contributed by atoms with E-state index in [9.17, 15) is 4.79 Å². The van der Waals surface area contributed by atoms with Gasteiger partial charge in [0.25, 0.3) is 5.56 Å². The molecule has 0 aliphatic heterocycles. The van der Waals surface area contributed by atoms with E-state index in [-0.39, 0.29) is 22.9 Å². The molecule has 2 aromatic rings. The van der Waals surface area contributed by atoms with E-state index in [2.05, 4.69) is 20.6 Å². The summed E-state index contributed by atoms with van der Waals surface area (Å²) in [6, 6.07) is 5.21. The monoisotopic (exact) mass is 325 g/mol. The zero-order chi connectivity index (χ0) is 15.4.